The van der Waals surface area contributed by atoms with Crippen LogP contribution in [0.4, 0.5) is 26.3 Å². The summed E-state index contributed by atoms with van der Waals surface area (Å²) >= 11 is 0. The number of fused-ring (bicyclic) bond motifs is 1. The topological polar surface area (TPSA) is 146 Å². The van der Waals surface area contributed by atoms with E-state index in [2.05, 4.69) is 10.2 Å². The molecule has 1 amide bonds. The van der Waals surface area contributed by atoms with E-state index in [1.807, 2.05) is 0 Å². The Morgan fingerprint density at radius 2 is 1.78 bits per heavy atom. The van der Waals surface area contributed by atoms with Gasteiger partial charge in [-0.1, -0.05) is 6.07 Å². The number of nitrogens with zero attached hydrogens (tertiary/aromatic N) is 3. The molecule has 0 aliphatic carbocycles. The van der Waals surface area contributed by atoms with Gasteiger partial charge in [0.05, 0.1) is 18.7 Å². The molecule has 1 aromatic heterocycles. The van der Waals surface area contributed by atoms with Gasteiger partial charge in [-0.3, -0.25) is 9.36 Å². The maximum Gasteiger partial charge on any atom is 0.490 e. The largest absolute Gasteiger partial charge is 0.490 e. The van der Waals surface area contributed by atoms with Gasteiger partial charge >= 0.3 is 23.8 Å². The molecule has 3 rings (SSSR count). The Kier molecular flexibility index (Phi) is 6.95. The maximum atomic E-state index is 14.0. The second-order valence-electron chi connectivity index (χ2n) is 6.19. The molecule has 3 N–H and O–H groups in total. The molecule has 1 aliphatic heterocycles. The number of carboxylic acids is 2. The molecule has 32 heavy (non-hydrogen) atoms. The minimum atomic E-state index is -5.08. The highest BCUT2D eigenvalue weighted by molar-refractivity contribution is 5.97. The molecule has 0 saturated carbocycles. The van der Waals surface area contributed by atoms with E-state index in [0.717, 1.165) is 21.6 Å². The number of carbonyl (C=O) groups excluding carboxylic acids is 1. The summed E-state index contributed by atoms with van der Waals surface area (Å²) in [4.78, 5) is 45.3. The highest BCUT2D eigenvalue weighted by Gasteiger charge is 2.39. The Bertz CT molecular complexity index is 1100. The number of hydrogen-bond acceptors (Lipinski definition) is 5. The summed E-state index contributed by atoms with van der Waals surface area (Å²) in [5, 5.41) is 22.3. The SMILES string of the molecule is O=C(O)C(F)(F)F.O=C(O)C1Cn2c(n[nH]c2=O)CN1C(=O)c1ccc(C(F)F)cc1F. The highest BCUT2D eigenvalue weighted by atomic mass is 19.4. The first-order chi connectivity index (χ1) is 14.7. The molecule has 0 radical (unpaired) electrons. The van der Waals surface area contributed by atoms with Gasteiger partial charge in [-0.05, 0) is 12.1 Å². The summed E-state index contributed by atoms with van der Waals surface area (Å²) in [6.45, 7) is -0.701. The fourth-order valence-electron chi connectivity index (χ4n) is 2.61. The van der Waals surface area contributed by atoms with Gasteiger partial charge in [-0.2, -0.15) is 18.3 Å². The normalized spacial score (nSPS) is 15.6. The number of alkyl halides is 5. The fourth-order valence-corrected chi connectivity index (χ4v) is 2.61. The van der Waals surface area contributed by atoms with Crippen molar-refractivity contribution in [2.45, 2.75) is 31.7 Å². The molecule has 174 valence electrons. The average molecular weight is 470 g/mol. The van der Waals surface area contributed by atoms with Crippen molar-refractivity contribution in [2.24, 2.45) is 0 Å². The highest BCUT2D eigenvalue weighted by Crippen LogP contribution is 2.24. The van der Waals surface area contributed by atoms with E-state index in [1.165, 1.54) is 0 Å². The van der Waals surface area contributed by atoms with Crippen LogP contribution < -0.4 is 5.69 Å². The Labute approximate surface area is 172 Å². The lowest BCUT2D eigenvalue weighted by molar-refractivity contribution is -0.192. The zero-order chi connectivity index (χ0) is 24.4. The molecule has 1 atom stereocenters. The number of H-pyrrole nitrogens is 1. The van der Waals surface area contributed by atoms with Crippen LogP contribution in [-0.2, 0) is 22.7 Å². The second kappa shape index (κ2) is 9.11. The molecule has 0 bridgehead atoms. The van der Waals surface area contributed by atoms with Gasteiger partial charge in [0.25, 0.3) is 12.3 Å². The van der Waals surface area contributed by atoms with Crippen LogP contribution >= 0.6 is 0 Å². The number of nitrogens with one attached hydrogen (secondary N) is 1. The van der Waals surface area contributed by atoms with E-state index < -0.39 is 59.1 Å². The first-order valence-corrected chi connectivity index (χ1v) is 8.29. The first-order valence-electron chi connectivity index (χ1n) is 8.29. The van der Waals surface area contributed by atoms with Gasteiger partial charge < -0.3 is 15.1 Å². The van der Waals surface area contributed by atoms with Crippen molar-refractivity contribution < 1.29 is 50.9 Å². The van der Waals surface area contributed by atoms with Crippen molar-refractivity contribution in [3.8, 4) is 0 Å². The number of aromatic nitrogens is 3. The van der Waals surface area contributed by atoms with Crippen molar-refractivity contribution in [3.05, 3.63) is 51.5 Å². The minimum absolute atomic E-state index is 0.112. The summed E-state index contributed by atoms with van der Waals surface area (Å²) in [6.07, 6.45) is -7.99. The van der Waals surface area contributed by atoms with Crippen LogP contribution in [0, 0.1) is 5.82 Å². The summed E-state index contributed by atoms with van der Waals surface area (Å²) in [5.74, 6) is -6.21. The second-order valence-corrected chi connectivity index (χ2v) is 6.19. The molecule has 0 saturated heterocycles. The predicted octanol–water partition coefficient (Wildman–Crippen LogP) is 1.39. The summed E-state index contributed by atoms with van der Waals surface area (Å²) in [7, 11) is 0. The number of carbonyl (C=O) groups is 3. The molecule has 16 heteroatoms. The van der Waals surface area contributed by atoms with E-state index in [4.69, 9.17) is 9.90 Å². The predicted molar refractivity (Wildman–Crippen MR) is 89.2 cm³/mol. The molecule has 1 aliphatic rings. The third kappa shape index (κ3) is 5.25. The van der Waals surface area contributed by atoms with Crippen LogP contribution in [0.15, 0.2) is 23.0 Å². The van der Waals surface area contributed by atoms with E-state index in [1.54, 1.807) is 0 Å². The molecule has 0 spiro atoms. The number of benzene rings is 1. The smallest absolute Gasteiger partial charge is 0.480 e. The van der Waals surface area contributed by atoms with Gasteiger partial charge in [0.15, 0.2) is 5.82 Å². The van der Waals surface area contributed by atoms with Gasteiger partial charge in [0.2, 0.25) is 0 Å². The summed E-state index contributed by atoms with van der Waals surface area (Å²) < 4.78 is 72.0. The van der Waals surface area contributed by atoms with Crippen LogP contribution in [-0.4, -0.2) is 59.9 Å². The van der Waals surface area contributed by atoms with Gasteiger partial charge in [-0.15, -0.1) is 0 Å². The first kappa shape index (κ1) is 24.4. The molecule has 0 fully saturated rings. The van der Waals surface area contributed by atoms with Crippen LogP contribution in [0.3, 0.4) is 0 Å². The lowest BCUT2D eigenvalue weighted by Gasteiger charge is -2.32. The lowest BCUT2D eigenvalue weighted by Crippen LogP contribution is -2.52. The van der Waals surface area contributed by atoms with Crippen molar-refractivity contribution in [2.75, 3.05) is 0 Å². The quantitative estimate of drug-likeness (QED) is 0.575. The number of carboxylic acid groups (broad SMARTS) is 2. The van der Waals surface area contributed by atoms with Crippen LogP contribution in [0.1, 0.15) is 28.2 Å². The number of hydrogen-bond donors (Lipinski definition) is 3. The van der Waals surface area contributed by atoms with Crippen LogP contribution in [0.5, 0.6) is 0 Å². The van der Waals surface area contributed by atoms with Gasteiger partial charge in [-0.25, -0.2) is 32.7 Å². The number of amides is 1. The minimum Gasteiger partial charge on any atom is -0.480 e. The number of rotatable bonds is 3. The zero-order valence-corrected chi connectivity index (χ0v) is 15.4. The molecular formula is C16H12F6N4O6. The molecule has 2 aromatic rings. The molecule has 1 unspecified atom stereocenters. The Hall–Kier alpha value is -3.85. The zero-order valence-electron chi connectivity index (χ0n) is 15.4. The Balaban J connectivity index is 0.000000451. The lowest BCUT2D eigenvalue weighted by atomic mass is 10.1. The van der Waals surface area contributed by atoms with Gasteiger partial charge in [0, 0.05) is 5.56 Å². The van der Waals surface area contributed by atoms with E-state index in [0.29, 0.717) is 6.07 Å². The monoisotopic (exact) mass is 470 g/mol. The van der Waals surface area contributed by atoms with Crippen LogP contribution in [0.25, 0.3) is 0 Å². The molecule has 1 aromatic carbocycles. The third-order valence-electron chi connectivity index (χ3n) is 4.14. The Morgan fingerprint density at radius 3 is 2.25 bits per heavy atom. The third-order valence-corrected chi connectivity index (χ3v) is 4.14. The number of aliphatic carboxylic acids is 2. The van der Waals surface area contributed by atoms with Crippen molar-refractivity contribution >= 4 is 17.8 Å². The Morgan fingerprint density at radius 1 is 1.19 bits per heavy atom. The molecule has 10 nitrogen and oxygen atoms in total. The number of halogens is 6. The average Bonchev–Trinajstić information content (AvgIpc) is 3.06. The molecular weight excluding hydrogens is 458 g/mol. The van der Waals surface area contributed by atoms with Crippen molar-refractivity contribution in [3.63, 3.8) is 0 Å². The van der Waals surface area contributed by atoms with Gasteiger partial charge in [0.1, 0.15) is 11.9 Å². The standard InChI is InChI=1S/C14H11F3N4O4.C2HF3O2/c15-8-3-6(11(16)17)1-2-7(8)12(22)20-5-10-18-19-14(25)21(10)4-9(20)13(23)24;3-2(4,5)1(6)7/h1-3,9,11H,4-5H2,(H,19,25)(H,23,24);(H,6,7). The van der Waals surface area contributed by atoms with Crippen molar-refractivity contribution in [1.82, 2.24) is 19.7 Å². The van der Waals surface area contributed by atoms with E-state index >= 15 is 0 Å². The summed E-state index contributed by atoms with van der Waals surface area (Å²) in [6, 6.07) is 0.877. The summed E-state index contributed by atoms with van der Waals surface area (Å²) in [5.41, 5.74) is -1.76. The number of aromatic amines is 1. The van der Waals surface area contributed by atoms with E-state index in [9.17, 15) is 45.8 Å². The fraction of sp³-hybridized carbons (Fsp3) is 0.312. The van der Waals surface area contributed by atoms with Crippen molar-refractivity contribution in [1.29, 1.82) is 0 Å². The van der Waals surface area contributed by atoms with Crippen LogP contribution in [0.2, 0.25) is 0 Å². The van der Waals surface area contributed by atoms with E-state index in [-0.39, 0.29) is 18.9 Å². The molecule has 2 heterocycles. The maximum absolute atomic E-state index is 14.0.